The quantitative estimate of drug-likeness (QED) is 0.158. The molecule has 0 atom stereocenters. The van der Waals surface area contributed by atoms with Crippen LogP contribution in [0.4, 0.5) is 17.1 Å². The molecule has 4 aromatic carbocycles. The number of hydrogen-bond donors (Lipinski definition) is 0. The summed E-state index contributed by atoms with van der Waals surface area (Å²) in [5, 5.41) is 0. The lowest BCUT2D eigenvalue weighted by atomic mass is 10.0. The van der Waals surface area contributed by atoms with Crippen molar-refractivity contribution in [1.29, 1.82) is 0 Å². The van der Waals surface area contributed by atoms with Crippen LogP contribution in [0.2, 0.25) is 0 Å². The van der Waals surface area contributed by atoms with Crippen LogP contribution >= 0.6 is 0 Å². The Bertz CT molecular complexity index is 1190. The van der Waals surface area contributed by atoms with Crippen LogP contribution in [0, 0.1) is 13.8 Å². The van der Waals surface area contributed by atoms with E-state index in [1.807, 2.05) is 24.3 Å². The van der Waals surface area contributed by atoms with E-state index in [-0.39, 0.29) is 0 Å². The Hall–Kier alpha value is -4.11. The third kappa shape index (κ3) is 5.81. The fraction of sp³-hybridized carbons (Fsp3) is 0.129. The van der Waals surface area contributed by atoms with Gasteiger partial charge in [-0.3, -0.25) is 0 Å². The number of benzene rings is 4. The van der Waals surface area contributed by atoms with Crippen molar-refractivity contribution < 1.29 is 9.53 Å². The van der Waals surface area contributed by atoms with E-state index in [0.717, 1.165) is 36.0 Å². The number of esters is 1. The second kappa shape index (κ2) is 10.7. The molecule has 4 aromatic rings. The molecule has 0 saturated heterocycles. The lowest BCUT2D eigenvalue weighted by Gasteiger charge is -2.26. The molecule has 0 N–H and O–H groups in total. The maximum atomic E-state index is 11.3. The van der Waals surface area contributed by atoms with E-state index in [9.17, 15) is 4.79 Å². The van der Waals surface area contributed by atoms with Crippen LogP contribution in [0.25, 0.3) is 0 Å². The van der Waals surface area contributed by atoms with E-state index in [0.29, 0.717) is 5.75 Å². The molecule has 0 aromatic heterocycles. The Morgan fingerprint density at radius 2 is 1.06 bits per heavy atom. The molecule has 0 aliphatic rings. The lowest BCUT2D eigenvalue weighted by molar-refractivity contribution is -0.128. The average Bonchev–Trinajstić information content (AvgIpc) is 2.87. The standard InChI is InChI=1S/C31H29NO2/c1-4-31(33)34-30-21-13-26(14-22-30)10-9-25-11-19-29(20-12-25)32(27-15-5-23(2)6-16-27)28-17-7-24(3)8-18-28/h4-8,11-22H,1,9-10H2,2-3H3. The minimum Gasteiger partial charge on any atom is -0.423 e. The molecule has 4 rings (SSSR count). The molecule has 0 radical (unpaired) electrons. The molecule has 0 amide bonds. The molecular formula is C31H29NO2. The summed E-state index contributed by atoms with van der Waals surface area (Å²) in [7, 11) is 0. The molecule has 170 valence electrons. The first kappa shape index (κ1) is 23.1. The molecule has 0 spiro atoms. The maximum Gasteiger partial charge on any atom is 0.335 e. The van der Waals surface area contributed by atoms with Crippen LogP contribution in [-0.4, -0.2) is 5.97 Å². The number of nitrogens with zero attached hydrogens (tertiary/aromatic N) is 1. The second-order valence-electron chi connectivity index (χ2n) is 8.44. The molecule has 0 fully saturated rings. The molecule has 0 unspecified atom stereocenters. The van der Waals surface area contributed by atoms with Crippen LogP contribution in [0.15, 0.2) is 110 Å². The van der Waals surface area contributed by atoms with Gasteiger partial charge in [0.25, 0.3) is 0 Å². The van der Waals surface area contributed by atoms with Gasteiger partial charge in [0, 0.05) is 23.1 Å². The summed E-state index contributed by atoms with van der Waals surface area (Å²) in [6.07, 6.45) is 3.01. The van der Waals surface area contributed by atoms with Gasteiger partial charge in [0.15, 0.2) is 0 Å². The number of rotatable bonds is 8. The highest BCUT2D eigenvalue weighted by Gasteiger charge is 2.12. The maximum absolute atomic E-state index is 11.3. The van der Waals surface area contributed by atoms with Crippen LogP contribution in [0.5, 0.6) is 5.75 Å². The molecule has 0 aliphatic heterocycles. The Balaban J connectivity index is 1.49. The van der Waals surface area contributed by atoms with Gasteiger partial charge in [-0.15, -0.1) is 0 Å². The van der Waals surface area contributed by atoms with Gasteiger partial charge in [-0.25, -0.2) is 4.79 Å². The fourth-order valence-corrected chi connectivity index (χ4v) is 3.82. The Morgan fingerprint density at radius 1 is 0.676 bits per heavy atom. The van der Waals surface area contributed by atoms with Gasteiger partial charge >= 0.3 is 5.97 Å². The molecule has 3 heteroatoms. The molecule has 0 heterocycles. The van der Waals surface area contributed by atoms with Crippen LogP contribution < -0.4 is 9.64 Å². The van der Waals surface area contributed by atoms with Gasteiger partial charge in [-0.1, -0.05) is 66.2 Å². The molecule has 3 nitrogen and oxygen atoms in total. The highest BCUT2D eigenvalue weighted by molar-refractivity contribution is 5.83. The van der Waals surface area contributed by atoms with Crippen molar-refractivity contribution in [2.75, 3.05) is 4.90 Å². The highest BCUT2D eigenvalue weighted by atomic mass is 16.5. The van der Waals surface area contributed by atoms with Crippen LogP contribution in [-0.2, 0) is 17.6 Å². The van der Waals surface area contributed by atoms with Crippen molar-refractivity contribution in [3.63, 3.8) is 0 Å². The van der Waals surface area contributed by atoms with Crippen molar-refractivity contribution in [2.24, 2.45) is 0 Å². The number of ether oxygens (including phenoxy) is 1. The minimum atomic E-state index is -0.446. The topological polar surface area (TPSA) is 29.5 Å². The average molecular weight is 448 g/mol. The lowest BCUT2D eigenvalue weighted by Crippen LogP contribution is -2.10. The third-order valence-electron chi connectivity index (χ3n) is 5.79. The monoisotopic (exact) mass is 447 g/mol. The summed E-state index contributed by atoms with van der Waals surface area (Å²) >= 11 is 0. The van der Waals surface area contributed by atoms with Crippen molar-refractivity contribution in [2.45, 2.75) is 26.7 Å². The molecule has 0 bridgehead atoms. The van der Waals surface area contributed by atoms with E-state index < -0.39 is 5.97 Å². The zero-order valence-electron chi connectivity index (χ0n) is 19.7. The number of hydrogen-bond acceptors (Lipinski definition) is 3. The molecule has 0 saturated carbocycles. The summed E-state index contributed by atoms with van der Waals surface area (Å²) < 4.78 is 5.14. The predicted molar refractivity (Wildman–Crippen MR) is 140 cm³/mol. The Morgan fingerprint density at radius 3 is 1.47 bits per heavy atom. The smallest absolute Gasteiger partial charge is 0.335 e. The summed E-state index contributed by atoms with van der Waals surface area (Å²) in [6.45, 7) is 7.63. The van der Waals surface area contributed by atoms with Gasteiger partial charge in [-0.2, -0.15) is 0 Å². The fourth-order valence-electron chi connectivity index (χ4n) is 3.82. The number of anilines is 3. The van der Waals surface area contributed by atoms with Crippen molar-refractivity contribution >= 4 is 23.0 Å². The number of carbonyl (C=O) groups is 1. The predicted octanol–water partition coefficient (Wildman–Crippen LogP) is 7.65. The van der Waals surface area contributed by atoms with Gasteiger partial charge < -0.3 is 9.64 Å². The molecular weight excluding hydrogens is 418 g/mol. The zero-order chi connectivity index (χ0) is 23.9. The summed E-state index contributed by atoms with van der Waals surface area (Å²) in [6, 6.07) is 33.7. The Kier molecular flexibility index (Phi) is 7.24. The molecule has 0 aliphatic carbocycles. The molecule has 34 heavy (non-hydrogen) atoms. The van der Waals surface area contributed by atoms with E-state index in [2.05, 4.69) is 98.1 Å². The first-order valence-corrected chi connectivity index (χ1v) is 11.5. The minimum absolute atomic E-state index is 0.446. The number of carbonyl (C=O) groups excluding carboxylic acids is 1. The second-order valence-corrected chi connectivity index (χ2v) is 8.44. The summed E-state index contributed by atoms with van der Waals surface area (Å²) in [5.74, 6) is 0.0865. The third-order valence-corrected chi connectivity index (χ3v) is 5.79. The normalized spacial score (nSPS) is 10.5. The van der Waals surface area contributed by atoms with Gasteiger partial charge in [-0.05, 0) is 86.3 Å². The van der Waals surface area contributed by atoms with Crippen LogP contribution in [0.3, 0.4) is 0 Å². The van der Waals surface area contributed by atoms with E-state index >= 15 is 0 Å². The van der Waals surface area contributed by atoms with Crippen molar-refractivity contribution in [1.82, 2.24) is 0 Å². The largest absolute Gasteiger partial charge is 0.423 e. The van der Waals surface area contributed by atoms with Crippen molar-refractivity contribution in [3.05, 3.63) is 132 Å². The van der Waals surface area contributed by atoms with E-state index in [1.165, 1.54) is 22.3 Å². The first-order chi connectivity index (χ1) is 16.5. The van der Waals surface area contributed by atoms with E-state index in [1.54, 1.807) is 0 Å². The highest BCUT2D eigenvalue weighted by Crippen LogP contribution is 2.34. The van der Waals surface area contributed by atoms with Gasteiger partial charge in [0.2, 0.25) is 0 Å². The summed E-state index contributed by atoms with van der Waals surface area (Å²) in [5.41, 5.74) is 8.37. The van der Waals surface area contributed by atoms with E-state index in [4.69, 9.17) is 4.74 Å². The van der Waals surface area contributed by atoms with Gasteiger partial charge in [0.05, 0.1) is 0 Å². The summed E-state index contributed by atoms with van der Waals surface area (Å²) in [4.78, 5) is 13.6. The van der Waals surface area contributed by atoms with Crippen LogP contribution in [0.1, 0.15) is 22.3 Å². The van der Waals surface area contributed by atoms with Gasteiger partial charge in [0.1, 0.15) is 5.75 Å². The first-order valence-electron chi connectivity index (χ1n) is 11.5. The SMILES string of the molecule is C=CC(=O)Oc1ccc(CCc2ccc(N(c3ccc(C)cc3)c3ccc(C)cc3)cc2)cc1. The Labute approximate surface area is 202 Å². The number of aryl methyl sites for hydroxylation is 4. The van der Waals surface area contributed by atoms with Crippen molar-refractivity contribution in [3.8, 4) is 5.75 Å². The zero-order valence-corrected chi connectivity index (χ0v) is 19.7.